The van der Waals surface area contributed by atoms with E-state index >= 15 is 0 Å². The van der Waals surface area contributed by atoms with E-state index in [2.05, 4.69) is 29.7 Å². The third kappa shape index (κ3) is 4.57. The standard InChI is InChI=1S/C22H30N2O3S/c1-4-21(25)22(14-15-22)19-9-11-20(12-10-19)24(28(3,26)27)23-16-13-18-7-5-17(2)6-8-18/h5-12,21,23,25H,4,13-16H2,1-3H3. The van der Waals surface area contributed by atoms with Crippen LogP contribution in [0.25, 0.3) is 0 Å². The second-order valence-corrected chi connectivity index (χ2v) is 9.63. The molecular weight excluding hydrogens is 372 g/mol. The number of hydrogen-bond acceptors (Lipinski definition) is 4. The molecule has 0 bridgehead atoms. The van der Waals surface area contributed by atoms with E-state index in [1.807, 2.05) is 38.1 Å². The van der Waals surface area contributed by atoms with Crippen molar-refractivity contribution in [2.75, 3.05) is 17.2 Å². The van der Waals surface area contributed by atoms with Crippen LogP contribution < -0.4 is 9.84 Å². The van der Waals surface area contributed by atoms with Crippen LogP contribution in [0, 0.1) is 6.92 Å². The van der Waals surface area contributed by atoms with Gasteiger partial charge in [0.1, 0.15) is 0 Å². The summed E-state index contributed by atoms with van der Waals surface area (Å²) in [6, 6.07) is 15.8. The first-order valence-electron chi connectivity index (χ1n) is 9.84. The van der Waals surface area contributed by atoms with Gasteiger partial charge in [0.2, 0.25) is 10.0 Å². The van der Waals surface area contributed by atoms with Crippen LogP contribution in [0.2, 0.25) is 0 Å². The van der Waals surface area contributed by atoms with Gasteiger partial charge in [0.15, 0.2) is 0 Å². The van der Waals surface area contributed by atoms with Crippen LogP contribution >= 0.6 is 0 Å². The molecule has 0 aromatic heterocycles. The smallest absolute Gasteiger partial charge is 0.245 e. The Balaban J connectivity index is 1.71. The van der Waals surface area contributed by atoms with Crippen molar-refractivity contribution in [3.8, 4) is 0 Å². The molecule has 0 radical (unpaired) electrons. The lowest BCUT2D eigenvalue weighted by Gasteiger charge is -2.25. The molecule has 0 heterocycles. The first-order valence-corrected chi connectivity index (χ1v) is 11.7. The quantitative estimate of drug-likeness (QED) is 0.632. The summed E-state index contributed by atoms with van der Waals surface area (Å²) >= 11 is 0. The summed E-state index contributed by atoms with van der Waals surface area (Å²) in [6.07, 6.45) is 4.26. The van der Waals surface area contributed by atoms with Crippen molar-refractivity contribution in [1.82, 2.24) is 5.43 Å². The van der Waals surface area contributed by atoms with Crippen LogP contribution in [0.1, 0.15) is 42.9 Å². The molecule has 1 fully saturated rings. The lowest BCUT2D eigenvalue weighted by atomic mass is 9.88. The zero-order valence-corrected chi connectivity index (χ0v) is 17.7. The van der Waals surface area contributed by atoms with Gasteiger partial charge < -0.3 is 5.11 Å². The largest absolute Gasteiger partial charge is 0.392 e. The van der Waals surface area contributed by atoms with Gasteiger partial charge in [0, 0.05) is 12.0 Å². The highest BCUT2D eigenvalue weighted by atomic mass is 32.2. The fraction of sp³-hybridized carbons (Fsp3) is 0.455. The maximum atomic E-state index is 12.3. The number of anilines is 1. The molecule has 0 spiro atoms. The molecule has 0 aliphatic heterocycles. The van der Waals surface area contributed by atoms with Crippen LogP contribution in [0.3, 0.4) is 0 Å². The fourth-order valence-electron chi connectivity index (χ4n) is 3.72. The van der Waals surface area contributed by atoms with Crippen LogP contribution in [0.4, 0.5) is 5.69 Å². The van der Waals surface area contributed by atoms with Crippen molar-refractivity contribution < 1.29 is 13.5 Å². The Bertz CT molecular complexity index is 888. The van der Waals surface area contributed by atoms with E-state index < -0.39 is 10.0 Å². The number of aryl methyl sites for hydroxylation is 1. The third-order valence-electron chi connectivity index (χ3n) is 5.61. The number of sulfonamides is 1. The number of benzene rings is 2. The topological polar surface area (TPSA) is 69.6 Å². The molecule has 1 unspecified atom stereocenters. The van der Waals surface area contributed by atoms with Crippen molar-refractivity contribution in [2.45, 2.75) is 51.0 Å². The van der Waals surface area contributed by atoms with Gasteiger partial charge in [-0.05, 0) is 55.9 Å². The van der Waals surface area contributed by atoms with Crippen molar-refractivity contribution in [3.05, 3.63) is 65.2 Å². The summed E-state index contributed by atoms with van der Waals surface area (Å²) < 4.78 is 25.8. The fourth-order valence-corrected chi connectivity index (χ4v) is 4.56. The Hall–Kier alpha value is -1.89. The summed E-state index contributed by atoms with van der Waals surface area (Å²) in [6.45, 7) is 4.54. The van der Waals surface area contributed by atoms with Gasteiger partial charge in [-0.25, -0.2) is 18.3 Å². The SMILES string of the molecule is CCC(O)C1(c2ccc(N(NCCc3ccc(C)cc3)S(C)(=O)=O)cc2)CC1. The summed E-state index contributed by atoms with van der Waals surface area (Å²) in [5.74, 6) is 0. The van der Waals surface area contributed by atoms with Gasteiger partial charge in [0.05, 0.1) is 18.0 Å². The average molecular weight is 403 g/mol. The Morgan fingerprint density at radius 3 is 2.21 bits per heavy atom. The van der Waals surface area contributed by atoms with E-state index in [-0.39, 0.29) is 11.5 Å². The number of rotatable bonds is 9. The molecule has 1 saturated carbocycles. The molecule has 2 N–H and O–H groups in total. The van der Waals surface area contributed by atoms with E-state index in [0.717, 1.165) is 36.8 Å². The summed E-state index contributed by atoms with van der Waals surface area (Å²) in [5.41, 5.74) is 6.92. The molecule has 28 heavy (non-hydrogen) atoms. The van der Waals surface area contributed by atoms with Crippen molar-refractivity contribution in [3.63, 3.8) is 0 Å². The zero-order chi connectivity index (χ0) is 20.4. The van der Waals surface area contributed by atoms with Crippen LogP contribution in [0.15, 0.2) is 48.5 Å². The van der Waals surface area contributed by atoms with Gasteiger partial charge in [-0.1, -0.05) is 48.9 Å². The van der Waals surface area contributed by atoms with E-state index in [9.17, 15) is 13.5 Å². The van der Waals surface area contributed by atoms with E-state index in [0.29, 0.717) is 12.2 Å². The minimum Gasteiger partial charge on any atom is -0.392 e. The first-order chi connectivity index (χ1) is 13.3. The second kappa shape index (κ2) is 8.23. The Labute approximate surface area is 168 Å². The molecule has 5 nitrogen and oxygen atoms in total. The Morgan fingerprint density at radius 2 is 1.71 bits per heavy atom. The molecule has 2 aromatic carbocycles. The molecule has 1 aliphatic rings. The van der Waals surface area contributed by atoms with Crippen molar-refractivity contribution >= 4 is 15.7 Å². The van der Waals surface area contributed by atoms with Gasteiger partial charge in [0.25, 0.3) is 0 Å². The number of nitrogens with zero attached hydrogens (tertiary/aromatic N) is 1. The molecular formula is C22H30N2O3S. The summed E-state index contributed by atoms with van der Waals surface area (Å²) in [5, 5.41) is 10.3. The lowest BCUT2D eigenvalue weighted by Crippen LogP contribution is -2.43. The highest BCUT2D eigenvalue weighted by Crippen LogP contribution is 2.52. The molecule has 1 atom stereocenters. The predicted molar refractivity (Wildman–Crippen MR) is 114 cm³/mol. The number of hydrazine groups is 1. The zero-order valence-electron chi connectivity index (χ0n) is 16.9. The highest BCUT2D eigenvalue weighted by molar-refractivity contribution is 7.92. The van der Waals surface area contributed by atoms with E-state index in [1.54, 1.807) is 0 Å². The van der Waals surface area contributed by atoms with Gasteiger partial charge in [-0.3, -0.25) is 0 Å². The van der Waals surface area contributed by atoms with Crippen LogP contribution in [0.5, 0.6) is 0 Å². The molecule has 0 amide bonds. The number of hydrogen-bond donors (Lipinski definition) is 2. The molecule has 2 aromatic rings. The van der Waals surface area contributed by atoms with Gasteiger partial charge in [-0.15, -0.1) is 0 Å². The number of nitrogens with one attached hydrogen (secondary N) is 1. The monoisotopic (exact) mass is 402 g/mol. The third-order valence-corrected chi connectivity index (χ3v) is 6.61. The van der Waals surface area contributed by atoms with Crippen molar-refractivity contribution in [1.29, 1.82) is 0 Å². The van der Waals surface area contributed by atoms with Crippen LogP contribution in [-0.2, 0) is 21.9 Å². The predicted octanol–water partition coefficient (Wildman–Crippen LogP) is 3.31. The minimum absolute atomic E-state index is 0.151. The lowest BCUT2D eigenvalue weighted by molar-refractivity contribution is 0.127. The molecule has 6 heteroatoms. The summed E-state index contributed by atoms with van der Waals surface area (Å²) in [7, 11) is -3.46. The maximum absolute atomic E-state index is 12.3. The first kappa shape index (κ1) is 20.8. The summed E-state index contributed by atoms with van der Waals surface area (Å²) in [4.78, 5) is 0. The molecule has 0 saturated heterocycles. The Morgan fingerprint density at radius 1 is 1.11 bits per heavy atom. The highest BCUT2D eigenvalue weighted by Gasteiger charge is 2.49. The molecule has 1 aliphatic carbocycles. The van der Waals surface area contributed by atoms with Crippen LogP contribution in [-0.4, -0.2) is 32.4 Å². The van der Waals surface area contributed by atoms with Gasteiger partial charge in [-0.2, -0.15) is 0 Å². The van der Waals surface area contributed by atoms with E-state index in [1.165, 1.54) is 16.2 Å². The molecule has 152 valence electrons. The molecule has 3 rings (SSSR count). The number of aliphatic hydroxyl groups excluding tert-OH is 1. The normalized spacial score (nSPS) is 16.6. The maximum Gasteiger partial charge on any atom is 0.245 e. The van der Waals surface area contributed by atoms with Gasteiger partial charge >= 0.3 is 0 Å². The second-order valence-electron chi connectivity index (χ2n) is 7.80. The van der Waals surface area contributed by atoms with E-state index in [4.69, 9.17) is 0 Å². The number of aliphatic hydroxyl groups is 1. The van der Waals surface area contributed by atoms with Crippen molar-refractivity contribution in [2.24, 2.45) is 0 Å². The minimum atomic E-state index is -3.46. The average Bonchev–Trinajstić information content (AvgIpc) is 3.47. The Kier molecular flexibility index (Phi) is 6.12.